The molecule has 0 aliphatic carbocycles. The number of carboxylic acid groups (broad SMARTS) is 1. The Balaban J connectivity index is 2.53. The zero-order valence-electron chi connectivity index (χ0n) is 10.7. The lowest BCUT2D eigenvalue weighted by Gasteiger charge is -2.17. The van der Waals surface area contributed by atoms with Gasteiger partial charge in [0.2, 0.25) is 5.91 Å². The summed E-state index contributed by atoms with van der Waals surface area (Å²) in [6, 6.07) is 2.12. The summed E-state index contributed by atoms with van der Waals surface area (Å²) in [5.41, 5.74) is 5.71. The van der Waals surface area contributed by atoms with Crippen molar-refractivity contribution >= 4 is 35.0 Å². The van der Waals surface area contributed by atoms with E-state index in [2.05, 4.69) is 5.32 Å². The van der Waals surface area contributed by atoms with Crippen LogP contribution >= 0.6 is 23.1 Å². The fourth-order valence-corrected chi connectivity index (χ4v) is 2.73. The molecule has 0 aromatic carbocycles. The first-order valence-corrected chi connectivity index (χ1v) is 8.12. The highest BCUT2D eigenvalue weighted by Crippen LogP contribution is 2.11. The van der Waals surface area contributed by atoms with Gasteiger partial charge in [0.25, 0.3) is 0 Å². The van der Waals surface area contributed by atoms with E-state index in [1.807, 2.05) is 23.8 Å². The van der Waals surface area contributed by atoms with E-state index in [0.717, 1.165) is 10.6 Å². The third-order valence-electron chi connectivity index (χ3n) is 2.57. The first-order valence-electron chi connectivity index (χ1n) is 5.84. The Labute approximate surface area is 120 Å². The minimum absolute atomic E-state index is 0.286. The lowest BCUT2D eigenvalue weighted by atomic mass is 10.1. The first kappa shape index (κ1) is 16.0. The van der Waals surface area contributed by atoms with Crippen molar-refractivity contribution < 1.29 is 14.7 Å². The van der Waals surface area contributed by atoms with Gasteiger partial charge in [-0.15, -0.1) is 11.3 Å². The minimum Gasteiger partial charge on any atom is -0.480 e. The van der Waals surface area contributed by atoms with Crippen LogP contribution in [0.25, 0.3) is 0 Å². The summed E-state index contributed by atoms with van der Waals surface area (Å²) >= 11 is 3.07. The molecule has 2 atom stereocenters. The molecule has 0 aliphatic rings. The molecule has 106 valence electrons. The molecule has 5 nitrogen and oxygen atoms in total. The smallest absolute Gasteiger partial charge is 0.326 e. The Bertz CT molecular complexity index is 409. The maximum atomic E-state index is 11.8. The van der Waals surface area contributed by atoms with E-state index in [1.54, 1.807) is 11.8 Å². The van der Waals surface area contributed by atoms with Crippen molar-refractivity contribution in [2.45, 2.75) is 24.9 Å². The number of hydrogen-bond donors (Lipinski definition) is 3. The summed E-state index contributed by atoms with van der Waals surface area (Å²) in [7, 11) is 0. The highest BCUT2D eigenvalue weighted by atomic mass is 32.2. The number of thioether (sulfide) groups is 1. The highest BCUT2D eigenvalue weighted by Gasteiger charge is 2.23. The van der Waals surface area contributed by atoms with E-state index >= 15 is 0 Å². The van der Waals surface area contributed by atoms with Gasteiger partial charge in [0.1, 0.15) is 6.04 Å². The monoisotopic (exact) mass is 302 g/mol. The molecule has 1 aromatic rings. The zero-order chi connectivity index (χ0) is 14.3. The van der Waals surface area contributed by atoms with Crippen LogP contribution < -0.4 is 11.1 Å². The van der Waals surface area contributed by atoms with Gasteiger partial charge in [0.15, 0.2) is 0 Å². The van der Waals surface area contributed by atoms with Crippen LogP contribution in [0.1, 0.15) is 11.3 Å². The van der Waals surface area contributed by atoms with Gasteiger partial charge in [0.05, 0.1) is 6.04 Å². The average Bonchev–Trinajstić information content (AvgIpc) is 2.87. The maximum Gasteiger partial charge on any atom is 0.326 e. The van der Waals surface area contributed by atoms with E-state index in [-0.39, 0.29) is 6.42 Å². The van der Waals surface area contributed by atoms with E-state index in [0.29, 0.717) is 6.42 Å². The molecule has 4 N–H and O–H groups in total. The largest absolute Gasteiger partial charge is 0.480 e. The molecule has 7 heteroatoms. The van der Waals surface area contributed by atoms with Crippen LogP contribution in [0.2, 0.25) is 0 Å². The van der Waals surface area contributed by atoms with Gasteiger partial charge in [-0.1, -0.05) is 6.07 Å². The second-order valence-electron chi connectivity index (χ2n) is 4.07. The van der Waals surface area contributed by atoms with Crippen LogP contribution in [-0.4, -0.2) is 41.1 Å². The van der Waals surface area contributed by atoms with E-state index in [1.165, 1.54) is 11.3 Å². The van der Waals surface area contributed by atoms with Crippen molar-refractivity contribution in [3.63, 3.8) is 0 Å². The topological polar surface area (TPSA) is 92.4 Å². The summed E-state index contributed by atoms with van der Waals surface area (Å²) in [6.45, 7) is 0. The van der Waals surface area contributed by atoms with Crippen LogP contribution in [0.4, 0.5) is 0 Å². The van der Waals surface area contributed by atoms with Crippen molar-refractivity contribution in [3.8, 4) is 0 Å². The number of nitrogens with one attached hydrogen (secondary N) is 1. The average molecular weight is 302 g/mol. The van der Waals surface area contributed by atoms with Gasteiger partial charge < -0.3 is 16.2 Å². The second kappa shape index (κ2) is 8.19. The van der Waals surface area contributed by atoms with Crippen LogP contribution in [0.5, 0.6) is 0 Å². The molecule has 1 heterocycles. The number of nitrogens with two attached hydrogens (primary N) is 1. The molecular weight excluding hydrogens is 284 g/mol. The fourth-order valence-electron chi connectivity index (χ4n) is 1.48. The number of carboxylic acids is 1. The number of rotatable bonds is 8. The zero-order valence-corrected chi connectivity index (χ0v) is 12.3. The predicted octanol–water partition coefficient (Wildman–Crippen LogP) is 0.940. The summed E-state index contributed by atoms with van der Waals surface area (Å²) in [4.78, 5) is 23.9. The van der Waals surface area contributed by atoms with Crippen molar-refractivity contribution in [1.29, 1.82) is 0 Å². The Hall–Kier alpha value is -1.05. The van der Waals surface area contributed by atoms with Gasteiger partial charge in [-0.05, 0) is 29.9 Å². The lowest BCUT2D eigenvalue weighted by molar-refractivity contribution is -0.141. The van der Waals surface area contributed by atoms with E-state index < -0.39 is 24.0 Å². The maximum absolute atomic E-state index is 11.8. The van der Waals surface area contributed by atoms with Crippen molar-refractivity contribution in [3.05, 3.63) is 22.4 Å². The summed E-state index contributed by atoms with van der Waals surface area (Å²) in [6.07, 6.45) is 2.76. The molecule has 0 saturated heterocycles. The molecule has 0 bridgehead atoms. The standard InChI is InChI=1S/C12H18N2O3S2/c1-18-6-4-9(13)11(15)14-10(12(16)17)7-8-3-2-5-19-8/h2-3,5,9-10H,4,6-7,13H2,1H3,(H,14,15)(H,16,17)/t9-,10-/m0/s1. The van der Waals surface area contributed by atoms with Gasteiger partial charge >= 0.3 is 5.97 Å². The van der Waals surface area contributed by atoms with Crippen molar-refractivity contribution in [1.82, 2.24) is 5.32 Å². The van der Waals surface area contributed by atoms with Crippen LogP contribution in [0.3, 0.4) is 0 Å². The Morgan fingerprint density at radius 3 is 2.84 bits per heavy atom. The summed E-state index contributed by atoms with van der Waals surface area (Å²) in [5, 5.41) is 13.5. The molecule has 1 aromatic heterocycles. The molecule has 0 aliphatic heterocycles. The van der Waals surface area contributed by atoms with Gasteiger partial charge in [0, 0.05) is 11.3 Å². The molecule has 0 radical (unpaired) electrons. The lowest BCUT2D eigenvalue weighted by Crippen LogP contribution is -2.49. The first-order chi connectivity index (χ1) is 9.04. The molecule has 1 amide bonds. The van der Waals surface area contributed by atoms with Crippen LogP contribution in [0, 0.1) is 0 Å². The van der Waals surface area contributed by atoms with E-state index in [4.69, 9.17) is 10.8 Å². The SMILES string of the molecule is CSCC[C@H](N)C(=O)N[C@@H](Cc1cccs1)C(=O)O. The second-order valence-corrected chi connectivity index (χ2v) is 6.09. The number of hydrogen-bond acceptors (Lipinski definition) is 5. The summed E-state index contributed by atoms with van der Waals surface area (Å²) < 4.78 is 0. The Morgan fingerprint density at radius 1 is 1.58 bits per heavy atom. The quantitative estimate of drug-likeness (QED) is 0.664. The van der Waals surface area contributed by atoms with Gasteiger partial charge in [-0.3, -0.25) is 4.79 Å². The molecule has 19 heavy (non-hydrogen) atoms. The number of amides is 1. The molecule has 1 rings (SSSR count). The number of carbonyl (C=O) groups excluding carboxylic acids is 1. The molecule has 0 fully saturated rings. The van der Waals surface area contributed by atoms with E-state index in [9.17, 15) is 9.59 Å². The van der Waals surface area contributed by atoms with Crippen molar-refractivity contribution in [2.24, 2.45) is 5.73 Å². The predicted molar refractivity (Wildman–Crippen MR) is 78.6 cm³/mol. The van der Waals surface area contributed by atoms with Crippen molar-refractivity contribution in [2.75, 3.05) is 12.0 Å². The summed E-state index contributed by atoms with van der Waals surface area (Å²) in [5.74, 6) is -0.672. The highest BCUT2D eigenvalue weighted by molar-refractivity contribution is 7.98. The van der Waals surface area contributed by atoms with Gasteiger partial charge in [-0.25, -0.2) is 4.79 Å². The third-order valence-corrected chi connectivity index (χ3v) is 4.11. The number of thiophene rings is 1. The fraction of sp³-hybridized carbons (Fsp3) is 0.500. The molecule has 0 saturated carbocycles. The van der Waals surface area contributed by atoms with Crippen LogP contribution in [0.15, 0.2) is 17.5 Å². The molecule has 0 spiro atoms. The van der Waals surface area contributed by atoms with Gasteiger partial charge in [-0.2, -0.15) is 11.8 Å². The van der Waals surface area contributed by atoms with Crippen LogP contribution in [-0.2, 0) is 16.0 Å². The Morgan fingerprint density at radius 2 is 2.32 bits per heavy atom. The third kappa shape index (κ3) is 5.63. The minimum atomic E-state index is -1.04. The Kier molecular flexibility index (Phi) is 6.90. The molecule has 0 unspecified atom stereocenters. The number of aliphatic carboxylic acids is 1. The normalized spacial score (nSPS) is 13.8. The molecular formula is C12H18N2O3S2. The number of carbonyl (C=O) groups is 2.